The van der Waals surface area contributed by atoms with Crippen molar-refractivity contribution in [3.63, 3.8) is 0 Å². The molecule has 5 nitrogen and oxygen atoms in total. The maximum atomic E-state index is 11.2. The van der Waals surface area contributed by atoms with Crippen LogP contribution in [0.1, 0.15) is 61.3 Å². The zero-order valence-electron chi connectivity index (χ0n) is 8.97. The topological polar surface area (TPSA) is 68.0 Å². The first kappa shape index (κ1) is 10.1. The van der Waals surface area contributed by atoms with E-state index < -0.39 is 5.97 Å². The van der Waals surface area contributed by atoms with Crippen LogP contribution in [0.2, 0.25) is 0 Å². The molecule has 1 saturated carbocycles. The van der Waals surface area contributed by atoms with Crippen LogP contribution in [0.15, 0.2) is 0 Å². The summed E-state index contributed by atoms with van der Waals surface area (Å²) in [5, 5.41) is 17.1. The van der Waals surface area contributed by atoms with Gasteiger partial charge in [0, 0.05) is 0 Å². The normalized spacial score (nSPS) is 16.7. The van der Waals surface area contributed by atoms with Crippen molar-refractivity contribution in [3.05, 3.63) is 11.4 Å². The third kappa shape index (κ3) is 1.62. The van der Waals surface area contributed by atoms with Crippen molar-refractivity contribution in [2.75, 3.05) is 0 Å². The molecule has 0 radical (unpaired) electrons. The zero-order chi connectivity index (χ0) is 11.0. The smallest absolute Gasteiger partial charge is 0.356 e. The molecule has 0 spiro atoms. The van der Waals surface area contributed by atoms with Gasteiger partial charge in [0.25, 0.3) is 0 Å². The minimum Gasteiger partial charge on any atom is -0.476 e. The molecule has 1 aromatic rings. The van der Waals surface area contributed by atoms with Crippen LogP contribution in [0.25, 0.3) is 0 Å². The molecule has 0 aliphatic heterocycles. The van der Waals surface area contributed by atoms with Gasteiger partial charge in [-0.2, -0.15) is 0 Å². The van der Waals surface area contributed by atoms with Crippen LogP contribution in [0.3, 0.4) is 0 Å². The van der Waals surface area contributed by atoms with Gasteiger partial charge in [0.15, 0.2) is 5.69 Å². The molecule has 1 aromatic heterocycles. The van der Waals surface area contributed by atoms with Crippen LogP contribution >= 0.6 is 0 Å². The van der Waals surface area contributed by atoms with Crippen molar-refractivity contribution in [1.82, 2.24) is 15.0 Å². The van der Waals surface area contributed by atoms with E-state index in [-0.39, 0.29) is 17.7 Å². The Kier molecular flexibility index (Phi) is 2.46. The number of aromatic carboxylic acids is 1. The van der Waals surface area contributed by atoms with E-state index in [0.717, 1.165) is 19.3 Å². The molecule has 2 rings (SSSR count). The lowest BCUT2D eigenvalue weighted by molar-refractivity contribution is 0.0673. The predicted octanol–water partition coefficient (Wildman–Crippen LogP) is 1.82. The Morgan fingerprint density at radius 3 is 2.60 bits per heavy atom. The molecule has 1 aliphatic rings. The Morgan fingerprint density at radius 2 is 2.20 bits per heavy atom. The van der Waals surface area contributed by atoms with Crippen LogP contribution in [-0.4, -0.2) is 26.1 Å². The van der Waals surface area contributed by atoms with Crippen molar-refractivity contribution in [1.29, 1.82) is 0 Å². The number of carbonyl (C=O) groups is 1. The van der Waals surface area contributed by atoms with Crippen molar-refractivity contribution in [2.45, 2.75) is 45.1 Å². The molecule has 1 aliphatic carbocycles. The van der Waals surface area contributed by atoms with Crippen molar-refractivity contribution < 1.29 is 9.90 Å². The van der Waals surface area contributed by atoms with Crippen molar-refractivity contribution in [2.24, 2.45) is 0 Å². The second kappa shape index (κ2) is 3.64. The minimum absolute atomic E-state index is 0.102. The highest BCUT2D eigenvalue weighted by Crippen LogP contribution is 2.33. The van der Waals surface area contributed by atoms with Crippen LogP contribution in [0.5, 0.6) is 0 Å². The second-order valence-electron chi connectivity index (χ2n) is 4.31. The van der Waals surface area contributed by atoms with E-state index in [1.54, 1.807) is 4.68 Å². The van der Waals surface area contributed by atoms with Gasteiger partial charge < -0.3 is 5.11 Å². The molecular weight excluding hydrogens is 194 g/mol. The highest BCUT2D eigenvalue weighted by atomic mass is 16.4. The summed E-state index contributed by atoms with van der Waals surface area (Å²) in [4.78, 5) is 11.2. The summed E-state index contributed by atoms with van der Waals surface area (Å²) in [5.74, 6) is -0.819. The van der Waals surface area contributed by atoms with Gasteiger partial charge in [-0.1, -0.05) is 19.1 Å². The largest absolute Gasteiger partial charge is 0.476 e. The fourth-order valence-corrected chi connectivity index (χ4v) is 1.79. The van der Waals surface area contributed by atoms with Crippen LogP contribution < -0.4 is 0 Å². The molecule has 0 bridgehead atoms. The SMILES string of the molecule is CC(C)c1nnn(C2CCC2)c1C(=O)O. The van der Waals surface area contributed by atoms with Gasteiger partial charge >= 0.3 is 5.97 Å². The molecule has 0 amide bonds. The second-order valence-corrected chi connectivity index (χ2v) is 4.31. The molecule has 0 aromatic carbocycles. The zero-order valence-corrected chi connectivity index (χ0v) is 8.97. The Bertz CT molecular complexity index is 380. The first-order valence-electron chi connectivity index (χ1n) is 5.29. The number of aromatic nitrogens is 3. The number of hydrogen-bond donors (Lipinski definition) is 1. The number of rotatable bonds is 3. The lowest BCUT2D eigenvalue weighted by atomic mass is 9.93. The van der Waals surface area contributed by atoms with E-state index in [2.05, 4.69) is 10.3 Å². The average molecular weight is 209 g/mol. The van der Waals surface area contributed by atoms with Gasteiger partial charge in [-0.3, -0.25) is 0 Å². The average Bonchev–Trinajstić information content (AvgIpc) is 2.45. The molecule has 0 unspecified atom stereocenters. The van der Waals surface area contributed by atoms with Gasteiger partial charge in [0.1, 0.15) is 5.69 Å². The summed E-state index contributed by atoms with van der Waals surface area (Å²) in [6.07, 6.45) is 3.18. The molecular formula is C10H15N3O2. The summed E-state index contributed by atoms with van der Waals surface area (Å²) in [7, 11) is 0. The van der Waals surface area contributed by atoms with Crippen LogP contribution in [0.4, 0.5) is 0 Å². The highest BCUT2D eigenvalue weighted by molar-refractivity contribution is 5.87. The molecule has 1 fully saturated rings. The van der Waals surface area contributed by atoms with E-state index in [1.165, 1.54) is 0 Å². The highest BCUT2D eigenvalue weighted by Gasteiger charge is 2.29. The minimum atomic E-state index is -0.921. The summed E-state index contributed by atoms with van der Waals surface area (Å²) < 4.78 is 1.58. The summed E-state index contributed by atoms with van der Waals surface area (Å²) >= 11 is 0. The first-order chi connectivity index (χ1) is 7.11. The van der Waals surface area contributed by atoms with Crippen LogP contribution in [-0.2, 0) is 0 Å². The van der Waals surface area contributed by atoms with E-state index >= 15 is 0 Å². The summed E-state index contributed by atoms with van der Waals surface area (Å²) in [6.45, 7) is 3.86. The predicted molar refractivity (Wildman–Crippen MR) is 54.0 cm³/mol. The number of hydrogen-bond acceptors (Lipinski definition) is 3. The van der Waals surface area contributed by atoms with Gasteiger partial charge in [-0.05, 0) is 25.2 Å². The molecule has 0 saturated heterocycles. The lowest BCUT2D eigenvalue weighted by Crippen LogP contribution is -2.22. The number of nitrogens with zero attached hydrogens (tertiary/aromatic N) is 3. The molecule has 1 N–H and O–H groups in total. The summed E-state index contributed by atoms with van der Waals surface area (Å²) in [5.41, 5.74) is 0.865. The molecule has 0 atom stereocenters. The molecule has 5 heteroatoms. The number of carboxylic acid groups (broad SMARTS) is 1. The standard InChI is InChI=1S/C10H15N3O2/c1-6(2)8-9(10(14)15)13(12-11-8)7-4-3-5-7/h6-7H,3-5H2,1-2H3,(H,14,15). The van der Waals surface area contributed by atoms with E-state index in [4.69, 9.17) is 5.11 Å². The Labute approximate surface area is 88.1 Å². The molecule has 1 heterocycles. The Balaban J connectivity index is 2.41. The third-order valence-electron chi connectivity index (χ3n) is 2.89. The van der Waals surface area contributed by atoms with E-state index in [1.807, 2.05) is 13.8 Å². The molecule has 82 valence electrons. The van der Waals surface area contributed by atoms with Gasteiger partial charge in [-0.25, -0.2) is 9.48 Å². The third-order valence-corrected chi connectivity index (χ3v) is 2.89. The van der Waals surface area contributed by atoms with E-state index in [0.29, 0.717) is 5.69 Å². The monoisotopic (exact) mass is 209 g/mol. The quantitative estimate of drug-likeness (QED) is 0.824. The summed E-state index contributed by atoms with van der Waals surface area (Å²) in [6, 6.07) is 0.246. The van der Waals surface area contributed by atoms with Gasteiger partial charge in [-0.15, -0.1) is 5.10 Å². The van der Waals surface area contributed by atoms with Crippen molar-refractivity contribution >= 4 is 5.97 Å². The maximum absolute atomic E-state index is 11.2. The lowest BCUT2D eigenvalue weighted by Gasteiger charge is -2.26. The van der Waals surface area contributed by atoms with Gasteiger partial charge in [0.2, 0.25) is 0 Å². The van der Waals surface area contributed by atoms with Crippen LogP contribution in [0, 0.1) is 0 Å². The Morgan fingerprint density at radius 1 is 1.53 bits per heavy atom. The van der Waals surface area contributed by atoms with E-state index in [9.17, 15) is 4.79 Å². The number of carboxylic acids is 1. The van der Waals surface area contributed by atoms with Gasteiger partial charge in [0.05, 0.1) is 6.04 Å². The Hall–Kier alpha value is -1.39. The van der Waals surface area contributed by atoms with Crippen molar-refractivity contribution in [3.8, 4) is 0 Å². The fourth-order valence-electron chi connectivity index (χ4n) is 1.79. The maximum Gasteiger partial charge on any atom is 0.356 e. The molecule has 15 heavy (non-hydrogen) atoms. The fraction of sp³-hybridized carbons (Fsp3) is 0.700. The first-order valence-corrected chi connectivity index (χ1v) is 5.29.